The molecule has 5 heteroatoms. The van der Waals surface area contributed by atoms with Crippen molar-refractivity contribution in [1.29, 1.82) is 0 Å². The number of pyridine rings is 1. The van der Waals surface area contributed by atoms with Gasteiger partial charge in [0.2, 0.25) is 0 Å². The summed E-state index contributed by atoms with van der Waals surface area (Å²) in [7, 11) is 0. The lowest BCUT2D eigenvalue weighted by atomic mass is 9.80. The Labute approximate surface area is 124 Å². The Morgan fingerprint density at radius 3 is 2.67 bits per heavy atom. The van der Waals surface area contributed by atoms with Crippen LogP contribution in [0, 0.1) is 5.92 Å². The van der Waals surface area contributed by atoms with Gasteiger partial charge in [-0.3, -0.25) is 9.67 Å². The van der Waals surface area contributed by atoms with E-state index in [1.165, 1.54) is 18.5 Å². The fourth-order valence-electron chi connectivity index (χ4n) is 3.05. The SMILES string of the molecule is NCC1CC(n2cc(Nc3ccncc3)c(C3CC3)n2)C1. The Morgan fingerprint density at radius 1 is 1.24 bits per heavy atom. The molecule has 2 aromatic heterocycles. The predicted molar refractivity (Wildman–Crippen MR) is 82.5 cm³/mol. The van der Waals surface area contributed by atoms with Crippen molar-refractivity contribution in [3.8, 4) is 0 Å². The summed E-state index contributed by atoms with van der Waals surface area (Å²) in [6.45, 7) is 0.801. The molecule has 2 aromatic rings. The molecule has 2 aliphatic rings. The number of hydrogen-bond donors (Lipinski definition) is 2. The predicted octanol–water partition coefficient (Wildman–Crippen LogP) is 2.81. The van der Waals surface area contributed by atoms with Crippen molar-refractivity contribution in [2.45, 2.75) is 37.6 Å². The van der Waals surface area contributed by atoms with E-state index in [4.69, 9.17) is 10.8 Å². The van der Waals surface area contributed by atoms with Crippen LogP contribution in [0.2, 0.25) is 0 Å². The first-order chi connectivity index (χ1) is 10.3. The summed E-state index contributed by atoms with van der Waals surface area (Å²) in [6, 6.07) is 4.51. The van der Waals surface area contributed by atoms with Crippen molar-refractivity contribution in [3.63, 3.8) is 0 Å². The number of anilines is 2. The minimum atomic E-state index is 0.532. The van der Waals surface area contributed by atoms with Crippen molar-refractivity contribution in [3.05, 3.63) is 36.4 Å². The second-order valence-corrected chi connectivity index (χ2v) is 6.27. The quantitative estimate of drug-likeness (QED) is 0.885. The lowest BCUT2D eigenvalue weighted by Crippen LogP contribution is -2.32. The zero-order chi connectivity index (χ0) is 14.2. The first-order valence-corrected chi connectivity index (χ1v) is 7.79. The second kappa shape index (κ2) is 5.15. The van der Waals surface area contributed by atoms with Gasteiger partial charge in [-0.25, -0.2) is 0 Å². The highest BCUT2D eigenvalue weighted by molar-refractivity contribution is 5.61. The molecule has 0 amide bonds. The largest absolute Gasteiger partial charge is 0.353 e. The van der Waals surface area contributed by atoms with Gasteiger partial charge in [0, 0.05) is 30.2 Å². The molecule has 21 heavy (non-hydrogen) atoms. The Balaban J connectivity index is 1.56. The average molecular weight is 283 g/mol. The highest BCUT2D eigenvalue weighted by atomic mass is 15.3. The smallest absolute Gasteiger partial charge is 0.0890 e. The van der Waals surface area contributed by atoms with Crippen molar-refractivity contribution < 1.29 is 0 Å². The summed E-state index contributed by atoms with van der Waals surface area (Å²) in [5, 5.41) is 8.35. The zero-order valence-corrected chi connectivity index (χ0v) is 12.1. The molecule has 0 radical (unpaired) electrons. The van der Waals surface area contributed by atoms with Crippen LogP contribution in [0.1, 0.15) is 43.3 Å². The standard InChI is InChI=1S/C16H21N5/c17-9-11-7-14(8-11)21-10-15(16(20-21)12-1-2-12)19-13-3-5-18-6-4-13/h3-6,10-12,14H,1-2,7-9,17H2,(H,18,19). The normalized spacial score (nSPS) is 24.6. The molecule has 0 saturated heterocycles. The van der Waals surface area contributed by atoms with Gasteiger partial charge in [-0.2, -0.15) is 5.10 Å². The first kappa shape index (κ1) is 12.8. The van der Waals surface area contributed by atoms with E-state index < -0.39 is 0 Å². The van der Waals surface area contributed by atoms with E-state index in [1.807, 2.05) is 12.1 Å². The molecule has 5 nitrogen and oxygen atoms in total. The molecule has 2 saturated carbocycles. The van der Waals surface area contributed by atoms with E-state index in [2.05, 4.69) is 21.2 Å². The molecule has 0 bridgehead atoms. The molecule has 0 unspecified atom stereocenters. The van der Waals surface area contributed by atoms with Crippen LogP contribution in [0.25, 0.3) is 0 Å². The zero-order valence-electron chi connectivity index (χ0n) is 12.1. The second-order valence-electron chi connectivity index (χ2n) is 6.27. The lowest BCUT2D eigenvalue weighted by Gasteiger charge is -2.34. The molecule has 2 aliphatic carbocycles. The van der Waals surface area contributed by atoms with Crippen molar-refractivity contribution in [2.24, 2.45) is 11.7 Å². The van der Waals surface area contributed by atoms with E-state index in [0.29, 0.717) is 17.9 Å². The summed E-state index contributed by atoms with van der Waals surface area (Å²) < 4.78 is 2.16. The van der Waals surface area contributed by atoms with E-state index in [0.717, 1.165) is 30.8 Å². The van der Waals surface area contributed by atoms with E-state index in [-0.39, 0.29) is 0 Å². The van der Waals surface area contributed by atoms with Gasteiger partial charge in [-0.05, 0) is 50.3 Å². The topological polar surface area (TPSA) is 68.8 Å². The first-order valence-electron chi connectivity index (χ1n) is 7.79. The third kappa shape index (κ3) is 2.53. The van der Waals surface area contributed by atoms with Crippen molar-refractivity contribution in [2.75, 3.05) is 11.9 Å². The number of nitrogens with one attached hydrogen (secondary N) is 1. The fraction of sp³-hybridized carbons (Fsp3) is 0.500. The monoisotopic (exact) mass is 283 g/mol. The number of aromatic nitrogens is 3. The Morgan fingerprint density at radius 2 is 2.00 bits per heavy atom. The van der Waals surface area contributed by atoms with Crippen LogP contribution >= 0.6 is 0 Å². The third-order valence-electron chi connectivity index (χ3n) is 4.60. The Bertz CT molecular complexity index is 611. The maximum absolute atomic E-state index is 5.72. The van der Waals surface area contributed by atoms with Gasteiger partial charge < -0.3 is 11.1 Å². The molecular formula is C16H21N5. The highest BCUT2D eigenvalue weighted by Gasteiger charge is 2.34. The van der Waals surface area contributed by atoms with Gasteiger partial charge >= 0.3 is 0 Å². The average Bonchev–Trinajstić information content (AvgIpc) is 3.22. The summed E-state index contributed by atoms with van der Waals surface area (Å²) in [5.41, 5.74) is 9.17. The maximum Gasteiger partial charge on any atom is 0.0890 e. The third-order valence-corrected chi connectivity index (χ3v) is 4.60. The van der Waals surface area contributed by atoms with E-state index >= 15 is 0 Å². The Hall–Kier alpha value is -1.88. The molecule has 0 aliphatic heterocycles. The van der Waals surface area contributed by atoms with Crippen molar-refractivity contribution in [1.82, 2.24) is 14.8 Å². The number of nitrogens with zero attached hydrogens (tertiary/aromatic N) is 3. The van der Waals surface area contributed by atoms with Crippen LogP contribution < -0.4 is 11.1 Å². The number of nitrogens with two attached hydrogens (primary N) is 1. The highest BCUT2D eigenvalue weighted by Crippen LogP contribution is 2.45. The van der Waals surface area contributed by atoms with Gasteiger partial charge in [0.1, 0.15) is 0 Å². The summed E-state index contributed by atoms with van der Waals surface area (Å²) in [6.07, 6.45) is 10.6. The van der Waals surface area contributed by atoms with Crippen LogP contribution in [0.15, 0.2) is 30.7 Å². The number of hydrogen-bond acceptors (Lipinski definition) is 4. The molecular weight excluding hydrogens is 262 g/mol. The molecule has 0 atom stereocenters. The van der Waals surface area contributed by atoms with Gasteiger partial charge in [-0.15, -0.1) is 0 Å². The minimum Gasteiger partial charge on any atom is -0.353 e. The van der Waals surface area contributed by atoms with Gasteiger partial charge in [-0.1, -0.05) is 0 Å². The summed E-state index contributed by atoms with van der Waals surface area (Å²) in [4.78, 5) is 4.06. The maximum atomic E-state index is 5.72. The minimum absolute atomic E-state index is 0.532. The van der Waals surface area contributed by atoms with Crippen LogP contribution in [-0.2, 0) is 0 Å². The molecule has 2 fully saturated rings. The fourth-order valence-corrected chi connectivity index (χ4v) is 3.05. The molecule has 4 rings (SSSR count). The summed E-state index contributed by atoms with van der Waals surface area (Å²) in [5.74, 6) is 1.32. The number of rotatable bonds is 5. The van der Waals surface area contributed by atoms with E-state index in [1.54, 1.807) is 12.4 Å². The van der Waals surface area contributed by atoms with Crippen LogP contribution in [0.3, 0.4) is 0 Å². The molecule has 3 N–H and O–H groups in total. The summed E-state index contributed by atoms with van der Waals surface area (Å²) >= 11 is 0. The van der Waals surface area contributed by atoms with Gasteiger partial charge in [0.05, 0.1) is 17.4 Å². The van der Waals surface area contributed by atoms with Gasteiger partial charge in [0.15, 0.2) is 0 Å². The van der Waals surface area contributed by atoms with Crippen molar-refractivity contribution >= 4 is 11.4 Å². The lowest BCUT2D eigenvalue weighted by molar-refractivity contribution is 0.189. The molecule has 0 aromatic carbocycles. The van der Waals surface area contributed by atoms with E-state index in [9.17, 15) is 0 Å². The van der Waals surface area contributed by atoms with Crippen LogP contribution in [0.4, 0.5) is 11.4 Å². The Kier molecular flexibility index (Phi) is 3.15. The van der Waals surface area contributed by atoms with Gasteiger partial charge in [0.25, 0.3) is 0 Å². The van der Waals surface area contributed by atoms with Crippen LogP contribution in [0.5, 0.6) is 0 Å². The molecule has 2 heterocycles. The van der Waals surface area contributed by atoms with Crippen LogP contribution in [-0.4, -0.2) is 21.3 Å². The molecule has 0 spiro atoms. The molecule has 110 valence electrons.